The Labute approximate surface area is 165 Å². The number of ether oxygens (including phenoxy) is 2. The van der Waals surface area contributed by atoms with Crippen molar-refractivity contribution in [1.82, 2.24) is 10.3 Å². The van der Waals surface area contributed by atoms with Crippen LogP contribution >= 0.6 is 0 Å². The Kier molecular flexibility index (Phi) is 6.64. The highest BCUT2D eigenvalue weighted by Crippen LogP contribution is 2.26. The third-order valence-corrected chi connectivity index (χ3v) is 4.80. The number of nitrogens with one attached hydrogen (secondary N) is 1. The Balaban J connectivity index is 1.99. The van der Waals surface area contributed by atoms with E-state index >= 15 is 0 Å². The molecular formula is C20H29N5O3. The molecule has 0 radical (unpaired) electrons. The van der Waals surface area contributed by atoms with E-state index < -0.39 is 0 Å². The number of pyridine rings is 1. The summed E-state index contributed by atoms with van der Waals surface area (Å²) in [7, 11) is 1.75. The molecule has 0 aromatic carbocycles. The molecule has 1 saturated heterocycles. The minimum Gasteiger partial charge on any atom is -0.394 e. The van der Waals surface area contributed by atoms with Crippen LogP contribution in [0.4, 0.5) is 5.82 Å². The van der Waals surface area contributed by atoms with Gasteiger partial charge >= 0.3 is 0 Å². The molecule has 3 rings (SSSR count). The molecular weight excluding hydrogens is 358 g/mol. The third-order valence-electron chi connectivity index (χ3n) is 4.80. The number of hydrogen-bond acceptors (Lipinski definition) is 6. The van der Waals surface area contributed by atoms with Gasteiger partial charge in [0.15, 0.2) is 0 Å². The van der Waals surface area contributed by atoms with Crippen LogP contribution in [0.3, 0.4) is 0 Å². The van der Waals surface area contributed by atoms with E-state index in [2.05, 4.69) is 15.2 Å². The van der Waals surface area contributed by atoms with Crippen molar-refractivity contribution in [2.75, 3.05) is 38.3 Å². The molecule has 152 valence electrons. The minimum absolute atomic E-state index is 0.104. The Morgan fingerprint density at radius 3 is 2.75 bits per heavy atom. The van der Waals surface area contributed by atoms with Gasteiger partial charge in [-0.2, -0.15) is 4.99 Å². The second-order valence-electron chi connectivity index (χ2n) is 7.19. The number of carbonyl (C=O) groups excluding carboxylic acids is 1. The fourth-order valence-corrected chi connectivity index (χ4v) is 3.64. The fourth-order valence-electron chi connectivity index (χ4n) is 3.64. The van der Waals surface area contributed by atoms with E-state index in [-0.39, 0.29) is 24.0 Å². The number of amidine groups is 1. The van der Waals surface area contributed by atoms with Crippen LogP contribution in [-0.2, 0) is 22.3 Å². The number of morpholine rings is 1. The smallest absolute Gasteiger partial charge is 0.279 e. The van der Waals surface area contributed by atoms with Crippen LogP contribution < -0.4 is 16.0 Å². The van der Waals surface area contributed by atoms with E-state index in [1.807, 2.05) is 19.9 Å². The summed E-state index contributed by atoms with van der Waals surface area (Å²) in [4.78, 5) is 24.0. The monoisotopic (exact) mass is 387 g/mol. The molecule has 2 unspecified atom stereocenters. The molecule has 1 aromatic heterocycles. The van der Waals surface area contributed by atoms with Crippen molar-refractivity contribution < 1.29 is 14.3 Å². The minimum atomic E-state index is -0.352. The van der Waals surface area contributed by atoms with E-state index in [0.717, 1.165) is 30.2 Å². The van der Waals surface area contributed by atoms with Crippen LogP contribution in [-0.4, -0.2) is 62.3 Å². The van der Waals surface area contributed by atoms with Gasteiger partial charge in [-0.1, -0.05) is 0 Å². The Bertz CT molecular complexity index is 767. The van der Waals surface area contributed by atoms with E-state index in [4.69, 9.17) is 20.2 Å². The highest BCUT2D eigenvalue weighted by Gasteiger charge is 2.26. The van der Waals surface area contributed by atoms with Crippen molar-refractivity contribution in [3.05, 3.63) is 35.2 Å². The predicted octanol–water partition coefficient (Wildman–Crippen LogP) is 1.04. The van der Waals surface area contributed by atoms with Gasteiger partial charge in [-0.3, -0.25) is 4.79 Å². The average Bonchev–Trinajstić information content (AvgIpc) is 2.90. The molecule has 2 atom stereocenters. The standard InChI is InChI=1S/C20H29N5O3/c1-13-11-25(12-14(2)28-13)19-10-16(20(26)24-18(21)4-7-22-3)15-5-8-27-9-6-17(15)23-19/h4,7,10,13-14,22H,5-6,8-9,11-12H2,1-3H3,(H2,21,24,26)/b7-4-. The van der Waals surface area contributed by atoms with Crippen LogP contribution in [0.2, 0.25) is 0 Å². The molecule has 2 aliphatic rings. The summed E-state index contributed by atoms with van der Waals surface area (Å²) in [6.07, 6.45) is 4.72. The van der Waals surface area contributed by atoms with Crippen molar-refractivity contribution >= 4 is 17.6 Å². The van der Waals surface area contributed by atoms with Gasteiger partial charge < -0.3 is 25.4 Å². The zero-order valence-corrected chi connectivity index (χ0v) is 16.8. The topological polar surface area (TPSA) is 102 Å². The van der Waals surface area contributed by atoms with Crippen molar-refractivity contribution in [3.63, 3.8) is 0 Å². The number of aliphatic imine (C=N–C) groups is 1. The lowest BCUT2D eigenvalue weighted by Crippen LogP contribution is -2.46. The maximum atomic E-state index is 12.9. The lowest BCUT2D eigenvalue weighted by molar-refractivity contribution is -0.00547. The van der Waals surface area contributed by atoms with E-state index in [0.29, 0.717) is 31.6 Å². The highest BCUT2D eigenvalue weighted by atomic mass is 16.5. The molecule has 2 aliphatic heterocycles. The van der Waals surface area contributed by atoms with Crippen LogP contribution in [0.25, 0.3) is 0 Å². The first-order chi connectivity index (χ1) is 13.5. The lowest BCUT2D eigenvalue weighted by atomic mass is 10.0. The van der Waals surface area contributed by atoms with E-state index in [1.54, 1.807) is 19.3 Å². The number of amides is 1. The number of nitrogens with two attached hydrogens (primary N) is 1. The first-order valence-electron chi connectivity index (χ1n) is 9.71. The van der Waals surface area contributed by atoms with Gasteiger partial charge in [0.25, 0.3) is 5.91 Å². The zero-order chi connectivity index (χ0) is 20.1. The molecule has 8 heteroatoms. The lowest BCUT2D eigenvalue weighted by Gasteiger charge is -2.36. The average molecular weight is 387 g/mol. The second kappa shape index (κ2) is 9.16. The zero-order valence-electron chi connectivity index (χ0n) is 16.8. The molecule has 1 fully saturated rings. The third kappa shape index (κ3) is 4.88. The van der Waals surface area contributed by atoms with Gasteiger partial charge in [-0.05, 0) is 44.2 Å². The summed E-state index contributed by atoms with van der Waals surface area (Å²) >= 11 is 0. The number of anilines is 1. The fraction of sp³-hybridized carbons (Fsp3) is 0.550. The second-order valence-corrected chi connectivity index (χ2v) is 7.19. The summed E-state index contributed by atoms with van der Waals surface area (Å²) in [5.74, 6) is 0.588. The largest absolute Gasteiger partial charge is 0.394 e. The molecule has 0 bridgehead atoms. The summed E-state index contributed by atoms with van der Waals surface area (Å²) in [5.41, 5.74) is 8.23. The van der Waals surface area contributed by atoms with Gasteiger partial charge in [0.1, 0.15) is 11.7 Å². The summed E-state index contributed by atoms with van der Waals surface area (Å²) in [6, 6.07) is 1.84. The number of fused-ring (bicyclic) bond motifs is 1. The quantitative estimate of drug-likeness (QED) is 0.588. The van der Waals surface area contributed by atoms with Gasteiger partial charge in [0, 0.05) is 32.3 Å². The molecule has 3 N–H and O–H groups in total. The van der Waals surface area contributed by atoms with Crippen molar-refractivity contribution in [2.45, 2.75) is 38.9 Å². The van der Waals surface area contributed by atoms with Crippen LogP contribution in [0.1, 0.15) is 35.5 Å². The summed E-state index contributed by atoms with van der Waals surface area (Å²) in [6.45, 7) is 6.73. The molecule has 1 amide bonds. The molecule has 3 heterocycles. The normalized spacial score (nSPS) is 23.4. The van der Waals surface area contributed by atoms with Crippen LogP contribution in [0, 0.1) is 0 Å². The van der Waals surface area contributed by atoms with Crippen molar-refractivity contribution in [2.24, 2.45) is 10.7 Å². The van der Waals surface area contributed by atoms with E-state index in [1.165, 1.54) is 0 Å². The summed E-state index contributed by atoms with van der Waals surface area (Å²) < 4.78 is 11.4. The SMILES string of the molecule is CN/C=C\C(N)=NC(=O)c1cc(N2CC(C)OC(C)C2)nc2c1CCOCC2. The van der Waals surface area contributed by atoms with Crippen molar-refractivity contribution in [1.29, 1.82) is 0 Å². The molecule has 0 saturated carbocycles. The highest BCUT2D eigenvalue weighted by molar-refractivity contribution is 6.07. The number of hydrogen-bond donors (Lipinski definition) is 2. The maximum absolute atomic E-state index is 12.9. The van der Waals surface area contributed by atoms with Gasteiger partial charge in [-0.25, -0.2) is 4.98 Å². The van der Waals surface area contributed by atoms with Crippen molar-refractivity contribution in [3.8, 4) is 0 Å². The number of carbonyl (C=O) groups is 1. The van der Waals surface area contributed by atoms with Gasteiger partial charge in [-0.15, -0.1) is 0 Å². The summed E-state index contributed by atoms with van der Waals surface area (Å²) in [5, 5.41) is 2.83. The molecule has 0 aliphatic carbocycles. The Hall–Kier alpha value is -2.45. The first kappa shape index (κ1) is 20.3. The number of rotatable bonds is 4. The molecule has 28 heavy (non-hydrogen) atoms. The molecule has 1 aromatic rings. The van der Waals surface area contributed by atoms with Gasteiger partial charge in [0.05, 0.1) is 31.0 Å². The predicted molar refractivity (Wildman–Crippen MR) is 109 cm³/mol. The first-order valence-corrected chi connectivity index (χ1v) is 9.71. The molecule has 8 nitrogen and oxygen atoms in total. The number of aromatic nitrogens is 1. The Morgan fingerprint density at radius 1 is 1.32 bits per heavy atom. The number of nitrogens with zero attached hydrogens (tertiary/aromatic N) is 3. The van der Waals surface area contributed by atoms with Crippen LogP contribution in [0.5, 0.6) is 0 Å². The van der Waals surface area contributed by atoms with Crippen LogP contribution in [0.15, 0.2) is 23.3 Å². The maximum Gasteiger partial charge on any atom is 0.279 e. The Morgan fingerprint density at radius 2 is 2.04 bits per heavy atom. The molecule has 0 spiro atoms. The van der Waals surface area contributed by atoms with Gasteiger partial charge in [0.2, 0.25) is 0 Å². The van der Waals surface area contributed by atoms with E-state index in [9.17, 15) is 4.79 Å².